The highest BCUT2D eigenvalue weighted by Crippen LogP contribution is 2.26. The molecule has 486 valence electrons. The number of esters is 1. The molecule has 0 saturated carbocycles. The second-order valence-electron chi connectivity index (χ2n) is 24.6. The minimum atomic E-state index is -1.61. The van der Waals surface area contributed by atoms with Gasteiger partial charge in [0.05, 0.1) is 25.4 Å². The molecule has 1 rings (SSSR count). The van der Waals surface area contributed by atoms with Crippen molar-refractivity contribution in [2.24, 2.45) is 0 Å². The third kappa shape index (κ3) is 47.4. The zero-order valence-corrected chi connectivity index (χ0v) is 54.1. The Labute approximate surface area is 510 Å². The van der Waals surface area contributed by atoms with Gasteiger partial charge in [-0.15, -0.1) is 0 Å². The van der Waals surface area contributed by atoms with E-state index in [0.29, 0.717) is 12.8 Å². The average molecular weight is 1170 g/mol. The molecule has 1 aliphatic heterocycles. The standard InChI is InChI=1S/C72H133NO10/c1-4-7-10-13-16-19-22-24-26-28-30-31-32-33-34-35-36-38-40-42-45-48-51-54-57-60-67(77)83-70-69(79)68(78)66(61-74)82-72(70)81-62-63(64(75)58-55-52-49-46-43-21-18-15-12-9-6-3)73-71(80)65(76)59-56-53-50-47-44-41-39-37-29-27-25-23-20-17-14-11-8-5-2/h17,20,24-27,55,58,63-66,68-70,72,74-76,78-79H,4-16,18-19,21-23,28-54,56-57,59-62H2,1-3H3,(H,73,80)/b20-17-,26-24+,27-25-,58-55+. The van der Waals surface area contributed by atoms with Gasteiger partial charge in [-0.25, -0.2) is 0 Å². The van der Waals surface area contributed by atoms with Crippen molar-refractivity contribution in [2.45, 2.75) is 384 Å². The van der Waals surface area contributed by atoms with Crippen molar-refractivity contribution in [2.75, 3.05) is 13.2 Å². The molecule has 0 aromatic heterocycles. The lowest BCUT2D eigenvalue weighted by Crippen LogP contribution is -2.61. The second kappa shape index (κ2) is 59.9. The van der Waals surface area contributed by atoms with E-state index in [9.17, 15) is 35.1 Å². The molecule has 83 heavy (non-hydrogen) atoms. The molecule has 0 aliphatic carbocycles. The number of ether oxygens (including phenoxy) is 3. The first-order chi connectivity index (χ1) is 40.7. The van der Waals surface area contributed by atoms with E-state index in [1.807, 2.05) is 6.08 Å². The fraction of sp³-hybridized carbons (Fsp3) is 0.861. The van der Waals surface area contributed by atoms with Gasteiger partial charge < -0.3 is 45.1 Å². The zero-order chi connectivity index (χ0) is 60.3. The Morgan fingerprint density at radius 2 is 0.831 bits per heavy atom. The Morgan fingerprint density at radius 3 is 1.27 bits per heavy atom. The highest BCUT2D eigenvalue weighted by molar-refractivity contribution is 5.80. The second-order valence-corrected chi connectivity index (χ2v) is 24.6. The first kappa shape index (κ1) is 78.6. The molecule has 1 amide bonds. The van der Waals surface area contributed by atoms with E-state index < -0.39 is 67.4 Å². The van der Waals surface area contributed by atoms with Crippen LogP contribution in [0.15, 0.2) is 48.6 Å². The van der Waals surface area contributed by atoms with Gasteiger partial charge in [-0.05, 0) is 83.5 Å². The monoisotopic (exact) mass is 1170 g/mol. The number of carbonyl (C=O) groups excluding carboxylic acids is 2. The Morgan fingerprint density at radius 1 is 0.470 bits per heavy atom. The minimum absolute atomic E-state index is 0.126. The zero-order valence-electron chi connectivity index (χ0n) is 54.1. The molecule has 0 bridgehead atoms. The molecule has 1 heterocycles. The summed E-state index contributed by atoms with van der Waals surface area (Å²) in [6.45, 7) is 5.79. The van der Waals surface area contributed by atoms with Crippen LogP contribution in [-0.4, -0.2) is 99.6 Å². The van der Waals surface area contributed by atoms with E-state index in [2.05, 4.69) is 62.5 Å². The Balaban J connectivity index is 2.54. The SMILES string of the molecule is CCCCC/C=C\C/C=C\CCCCCCCCCCC(O)C(=O)NC(COC1OC(CO)C(O)C(O)C1OC(=O)CCCCCCCCCCCCCCCCC/C=C/CCCCCCCC)C(O)/C=C/CCCCCCCCCCC. The number of rotatable bonds is 61. The van der Waals surface area contributed by atoms with Crippen LogP contribution in [0.1, 0.15) is 335 Å². The van der Waals surface area contributed by atoms with Gasteiger partial charge in [0.2, 0.25) is 5.91 Å². The summed E-state index contributed by atoms with van der Waals surface area (Å²) in [6, 6.07) is -1.03. The number of allylic oxidation sites excluding steroid dienone is 7. The molecule has 0 aromatic carbocycles. The van der Waals surface area contributed by atoms with Crippen LogP contribution in [-0.2, 0) is 23.8 Å². The molecule has 0 radical (unpaired) electrons. The van der Waals surface area contributed by atoms with Crippen molar-refractivity contribution in [3.63, 3.8) is 0 Å². The molecule has 1 fully saturated rings. The Hall–Kier alpha value is -2.38. The summed E-state index contributed by atoms with van der Waals surface area (Å²) < 4.78 is 17.7. The lowest BCUT2D eigenvalue weighted by Gasteiger charge is -2.41. The quantitative estimate of drug-likeness (QED) is 0.0195. The maximum Gasteiger partial charge on any atom is 0.306 e. The fourth-order valence-electron chi connectivity index (χ4n) is 11.1. The minimum Gasteiger partial charge on any atom is -0.454 e. The van der Waals surface area contributed by atoms with Crippen LogP contribution < -0.4 is 5.32 Å². The highest BCUT2D eigenvalue weighted by atomic mass is 16.7. The van der Waals surface area contributed by atoms with Gasteiger partial charge in [-0.3, -0.25) is 9.59 Å². The summed E-state index contributed by atoms with van der Waals surface area (Å²) in [4.78, 5) is 26.6. The van der Waals surface area contributed by atoms with Crippen molar-refractivity contribution in [3.05, 3.63) is 48.6 Å². The topological polar surface area (TPSA) is 175 Å². The van der Waals surface area contributed by atoms with Gasteiger partial charge in [-0.1, -0.05) is 294 Å². The number of unbranched alkanes of at least 4 members (excludes halogenated alkanes) is 41. The van der Waals surface area contributed by atoms with Crippen LogP contribution in [0.3, 0.4) is 0 Å². The van der Waals surface area contributed by atoms with E-state index in [1.54, 1.807) is 6.08 Å². The number of amides is 1. The predicted molar refractivity (Wildman–Crippen MR) is 347 cm³/mol. The van der Waals surface area contributed by atoms with Gasteiger partial charge in [-0.2, -0.15) is 0 Å². The maximum atomic E-state index is 13.5. The Bertz CT molecular complexity index is 1540. The van der Waals surface area contributed by atoms with Crippen molar-refractivity contribution < 1.29 is 49.3 Å². The number of nitrogens with one attached hydrogen (secondary N) is 1. The molecule has 0 spiro atoms. The summed E-state index contributed by atoms with van der Waals surface area (Å²) in [5.41, 5.74) is 0. The molecule has 6 N–H and O–H groups in total. The van der Waals surface area contributed by atoms with E-state index in [1.165, 1.54) is 218 Å². The molecular weight excluding hydrogens is 1040 g/mol. The van der Waals surface area contributed by atoms with Crippen molar-refractivity contribution in [1.82, 2.24) is 5.32 Å². The first-order valence-electron chi connectivity index (χ1n) is 35.4. The maximum absolute atomic E-state index is 13.5. The summed E-state index contributed by atoms with van der Waals surface area (Å²) in [5, 5.41) is 57.2. The molecule has 1 saturated heterocycles. The lowest BCUT2D eigenvalue weighted by atomic mass is 9.99. The van der Waals surface area contributed by atoms with Gasteiger partial charge in [0.25, 0.3) is 0 Å². The summed E-state index contributed by atoms with van der Waals surface area (Å²) in [7, 11) is 0. The highest BCUT2D eigenvalue weighted by Gasteiger charge is 2.47. The van der Waals surface area contributed by atoms with Crippen molar-refractivity contribution in [3.8, 4) is 0 Å². The van der Waals surface area contributed by atoms with E-state index in [0.717, 1.165) is 70.6 Å². The van der Waals surface area contributed by atoms with E-state index in [4.69, 9.17) is 14.2 Å². The average Bonchev–Trinajstić information content (AvgIpc) is 3.64. The fourth-order valence-corrected chi connectivity index (χ4v) is 11.1. The molecule has 0 aromatic rings. The molecule has 11 nitrogen and oxygen atoms in total. The van der Waals surface area contributed by atoms with Crippen molar-refractivity contribution >= 4 is 11.9 Å². The predicted octanol–water partition coefficient (Wildman–Crippen LogP) is 18.0. The van der Waals surface area contributed by atoms with Crippen LogP contribution in [0.5, 0.6) is 0 Å². The Kier molecular flexibility index (Phi) is 56.8. The number of carbonyl (C=O) groups is 2. The number of aliphatic hydroxyl groups excluding tert-OH is 5. The summed E-state index contributed by atoms with van der Waals surface area (Å²) in [5.74, 6) is -1.19. The first-order valence-corrected chi connectivity index (χ1v) is 35.4. The number of aliphatic hydroxyl groups is 5. The molecule has 8 atom stereocenters. The number of hydrogen-bond acceptors (Lipinski definition) is 10. The van der Waals surface area contributed by atoms with Gasteiger partial charge in [0.15, 0.2) is 12.4 Å². The van der Waals surface area contributed by atoms with Gasteiger partial charge in [0.1, 0.15) is 24.4 Å². The lowest BCUT2D eigenvalue weighted by molar-refractivity contribution is -0.305. The molecule has 1 aliphatic rings. The number of hydrogen-bond donors (Lipinski definition) is 6. The largest absolute Gasteiger partial charge is 0.454 e. The van der Waals surface area contributed by atoms with Crippen LogP contribution in [0, 0.1) is 0 Å². The van der Waals surface area contributed by atoms with Gasteiger partial charge in [0, 0.05) is 6.42 Å². The van der Waals surface area contributed by atoms with Crippen LogP contribution in [0.2, 0.25) is 0 Å². The molecule has 11 heteroatoms. The van der Waals surface area contributed by atoms with Crippen LogP contribution in [0.25, 0.3) is 0 Å². The van der Waals surface area contributed by atoms with Crippen LogP contribution >= 0.6 is 0 Å². The smallest absolute Gasteiger partial charge is 0.306 e. The van der Waals surface area contributed by atoms with Crippen LogP contribution in [0.4, 0.5) is 0 Å². The normalized spacial score (nSPS) is 18.8. The van der Waals surface area contributed by atoms with E-state index >= 15 is 0 Å². The summed E-state index contributed by atoms with van der Waals surface area (Å²) in [6.07, 6.45) is 64.4. The third-order valence-electron chi connectivity index (χ3n) is 16.7. The molecular formula is C72H133NO10. The van der Waals surface area contributed by atoms with Crippen molar-refractivity contribution in [1.29, 1.82) is 0 Å². The molecule has 8 unspecified atom stereocenters. The van der Waals surface area contributed by atoms with Gasteiger partial charge >= 0.3 is 5.97 Å². The summed E-state index contributed by atoms with van der Waals surface area (Å²) >= 11 is 0. The third-order valence-corrected chi connectivity index (χ3v) is 16.7. The van der Waals surface area contributed by atoms with E-state index in [-0.39, 0.29) is 19.4 Å².